The van der Waals surface area contributed by atoms with E-state index in [1.165, 1.54) is 57.6 Å². The minimum Gasteiger partial charge on any atom is -0.490 e. The Morgan fingerprint density at radius 1 is 0.805 bits per heavy atom. The first-order valence-electron chi connectivity index (χ1n) is 14.8. The van der Waals surface area contributed by atoms with Gasteiger partial charge >= 0.3 is 5.97 Å². The number of hydrazone groups is 1. The maximum Gasteiger partial charge on any atom is 0.343 e. The van der Waals surface area contributed by atoms with Gasteiger partial charge in [-0.3, -0.25) is 9.59 Å². The van der Waals surface area contributed by atoms with E-state index in [-0.39, 0.29) is 18.2 Å². The zero-order chi connectivity index (χ0) is 29.7. The molecule has 0 radical (unpaired) electrons. The molecule has 0 spiro atoms. The van der Waals surface area contributed by atoms with Crippen LogP contribution in [-0.2, 0) is 9.59 Å². The summed E-state index contributed by atoms with van der Waals surface area (Å²) in [6.45, 7) is 4.27. The van der Waals surface area contributed by atoms with E-state index in [9.17, 15) is 14.4 Å². The summed E-state index contributed by atoms with van der Waals surface area (Å²) < 4.78 is 11.1. The molecule has 0 bridgehead atoms. The third kappa shape index (κ3) is 14.7. The molecule has 2 aromatic rings. The average Bonchev–Trinajstić information content (AvgIpc) is 2.96. The number of esters is 1. The second-order valence-electron chi connectivity index (χ2n) is 9.89. The number of carbonyl (C=O) groups excluding carboxylic acids is 3. The molecule has 0 aliphatic rings. The van der Waals surface area contributed by atoms with Gasteiger partial charge in [0, 0.05) is 11.4 Å². The number of hydrogen-bond donors (Lipinski definition) is 2. The van der Waals surface area contributed by atoms with Gasteiger partial charge in [-0.05, 0) is 61.4 Å². The highest BCUT2D eigenvalue weighted by molar-refractivity contribution is 6.30. The number of halogens is 1. The van der Waals surface area contributed by atoms with Crippen molar-refractivity contribution in [3.8, 4) is 11.5 Å². The predicted molar refractivity (Wildman–Crippen MR) is 164 cm³/mol. The third-order valence-electron chi connectivity index (χ3n) is 6.41. The second-order valence-corrected chi connectivity index (χ2v) is 10.3. The topological polar surface area (TPSA) is 106 Å². The number of rotatable bonds is 20. The van der Waals surface area contributed by atoms with Crippen LogP contribution in [0.15, 0.2) is 47.6 Å². The van der Waals surface area contributed by atoms with Gasteiger partial charge < -0.3 is 14.8 Å². The Labute approximate surface area is 249 Å². The number of carbonyl (C=O) groups is 3. The Balaban J connectivity index is 1.66. The predicted octanol–water partition coefficient (Wildman–Crippen LogP) is 7.23. The summed E-state index contributed by atoms with van der Waals surface area (Å²) in [4.78, 5) is 36.6. The lowest BCUT2D eigenvalue weighted by molar-refractivity contribution is -0.126. The fraction of sp³-hybridized carbons (Fsp3) is 0.500. The molecular formula is C32H44ClN3O5. The van der Waals surface area contributed by atoms with E-state index in [4.69, 9.17) is 21.1 Å². The van der Waals surface area contributed by atoms with Gasteiger partial charge in [-0.25, -0.2) is 10.2 Å². The summed E-state index contributed by atoms with van der Waals surface area (Å²) in [5.74, 6) is -0.479. The summed E-state index contributed by atoms with van der Waals surface area (Å²) in [6, 6.07) is 11.3. The van der Waals surface area contributed by atoms with Crippen LogP contribution in [0.25, 0.3) is 0 Å². The summed E-state index contributed by atoms with van der Waals surface area (Å²) in [7, 11) is 0. The second kappa shape index (κ2) is 20.5. The van der Waals surface area contributed by atoms with E-state index in [0.717, 1.165) is 19.3 Å². The largest absolute Gasteiger partial charge is 0.490 e. The van der Waals surface area contributed by atoms with Crippen LogP contribution in [0.1, 0.15) is 107 Å². The molecule has 0 aromatic heterocycles. The van der Waals surface area contributed by atoms with Crippen molar-refractivity contribution in [1.29, 1.82) is 0 Å². The Morgan fingerprint density at radius 3 is 2.07 bits per heavy atom. The zero-order valence-corrected chi connectivity index (χ0v) is 25.1. The van der Waals surface area contributed by atoms with Crippen molar-refractivity contribution in [3.05, 3.63) is 58.6 Å². The summed E-state index contributed by atoms with van der Waals surface area (Å²) >= 11 is 5.88. The third-order valence-corrected chi connectivity index (χ3v) is 6.66. The standard InChI is InChI=1S/C32H44ClN3O5/c1-3-5-6-7-8-9-10-11-12-13-14-15-30(37)34-24-31(38)36-35-23-25-16-21-28(29(22-25)40-4-2)41-32(39)26-17-19-27(33)20-18-26/h16-23H,3-15,24H2,1-2H3,(H,34,37)(H,36,38)/b35-23-. The summed E-state index contributed by atoms with van der Waals surface area (Å²) in [5.41, 5.74) is 3.38. The molecule has 9 heteroatoms. The smallest absolute Gasteiger partial charge is 0.343 e. The van der Waals surface area contributed by atoms with Gasteiger partial charge in [0.15, 0.2) is 11.5 Å². The molecule has 2 N–H and O–H groups in total. The van der Waals surface area contributed by atoms with Crippen molar-refractivity contribution in [1.82, 2.24) is 10.7 Å². The lowest BCUT2D eigenvalue weighted by atomic mass is 10.1. The van der Waals surface area contributed by atoms with Gasteiger partial charge in [-0.2, -0.15) is 5.10 Å². The Bertz CT molecular complexity index is 1110. The number of nitrogens with one attached hydrogen (secondary N) is 2. The number of benzene rings is 2. The van der Waals surface area contributed by atoms with E-state index >= 15 is 0 Å². The summed E-state index contributed by atoms with van der Waals surface area (Å²) in [6.07, 6.45) is 15.3. The van der Waals surface area contributed by atoms with Gasteiger partial charge in [0.05, 0.1) is 24.9 Å². The van der Waals surface area contributed by atoms with E-state index in [0.29, 0.717) is 34.9 Å². The number of nitrogens with zero attached hydrogens (tertiary/aromatic N) is 1. The fourth-order valence-corrected chi connectivity index (χ4v) is 4.26. The first-order chi connectivity index (χ1) is 19.9. The van der Waals surface area contributed by atoms with Crippen LogP contribution in [0.4, 0.5) is 0 Å². The first-order valence-corrected chi connectivity index (χ1v) is 15.1. The highest BCUT2D eigenvalue weighted by atomic mass is 35.5. The molecule has 41 heavy (non-hydrogen) atoms. The van der Waals surface area contributed by atoms with Crippen molar-refractivity contribution in [2.75, 3.05) is 13.2 Å². The van der Waals surface area contributed by atoms with E-state index in [1.807, 2.05) is 6.92 Å². The molecule has 224 valence electrons. The van der Waals surface area contributed by atoms with Crippen LogP contribution < -0.4 is 20.2 Å². The van der Waals surface area contributed by atoms with Crippen LogP contribution in [0.3, 0.4) is 0 Å². The molecule has 0 unspecified atom stereocenters. The monoisotopic (exact) mass is 585 g/mol. The molecule has 0 fully saturated rings. The Hall–Kier alpha value is -3.39. The maximum atomic E-state index is 12.5. The molecule has 0 aliphatic heterocycles. The summed E-state index contributed by atoms with van der Waals surface area (Å²) in [5, 5.41) is 7.10. The molecule has 0 saturated carbocycles. The molecule has 0 aliphatic carbocycles. The van der Waals surface area contributed by atoms with Gasteiger partial charge in [-0.1, -0.05) is 82.7 Å². The van der Waals surface area contributed by atoms with Gasteiger partial charge in [0.25, 0.3) is 5.91 Å². The minimum absolute atomic E-state index is 0.134. The Morgan fingerprint density at radius 2 is 1.44 bits per heavy atom. The van der Waals surface area contributed by atoms with Crippen LogP contribution in [-0.4, -0.2) is 37.1 Å². The Kier molecular flexibility index (Phi) is 16.9. The highest BCUT2D eigenvalue weighted by Gasteiger charge is 2.13. The van der Waals surface area contributed by atoms with Crippen LogP contribution in [0.5, 0.6) is 11.5 Å². The van der Waals surface area contributed by atoms with Crippen molar-refractivity contribution in [3.63, 3.8) is 0 Å². The average molecular weight is 586 g/mol. The highest BCUT2D eigenvalue weighted by Crippen LogP contribution is 2.29. The molecule has 2 rings (SSSR count). The molecule has 2 amide bonds. The molecule has 8 nitrogen and oxygen atoms in total. The van der Waals surface area contributed by atoms with Crippen molar-refractivity contribution >= 4 is 35.6 Å². The maximum absolute atomic E-state index is 12.5. The van der Waals surface area contributed by atoms with Crippen molar-refractivity contribution < 1.29 is 23.9 Å². The van der Waals surface area contributed by atoms with E-state index in [2.05, 4.69) is 22.8 Å². The molecule has 0 heterocycles. The molecular weight excluding hydrogens is 542 g/mol. The van der Waals surface area contributed by atoms with Crippen molar-refractivity contribution in [2.45, 2.75) is 90.9 Å². The number of hydrogen-bond acceptors (Lipinski definition) is 6. The van der Waals surface area contributed by atoms with Crippen LogP contribution in [0, 0.1) is 0 Å². The number of ether oxygens (including phenoxy) is 2. The van der Waals surface area contributed by atoms with Gasteiger partial charge in [-0.15, -0.1) is 0 Å². The minimum atomic E-state index is -0.540. The molecule has 0 atom stereocenters. The molecule has 2 aromatic carbocycles. The van der Waals surface area contributed by atoms with E-state index < -0.39 is 11.9 Å². The quantitative estimate of drug-likeness (QED) is 0.0560. The lowest BCUT2D eigenvalue weighted by Crippen LogP contribution is -2.34. The number of unbranched alkanes of at least 4 members (excludes halogenated alkanes) is 10. The van der Waals surface area contributed by atoms with Gasteiger partial charge in [0.2, 0.25) is 5.91 Å². The zero-order valence-electron chi connectivity index (χ0n) is 24.4. The van der Waals surface area contributed by atoms with Crippen LogP contribution >= 0.6 is 11.6 Å². The SMILES string of the molecule is CCCCCCCCCCCCCC(=O)NCC(=O)N/N=C\c1ccc(OC(=O)c2ccc(Cl)cc2)c(OCC)c1. The van der Waals surface area contributed by atoms with E-state index in [1.54, 1.807) is 42.5 Å². The van der Waals surface area contributed by atoms with Crippen LogP contribution in [0.2, 0.25) is 5.02 Å². The van der Waals surface area contributed by atoms with Gasteiger partial charge in [0.1, 0.15) is 0 Å². The number of amides is 2. The van der Waals surface area contributed by atoms with Crippen molar-refractivity contribution in [2.24, 2.45) is 5.10 Å². The lowest BCUT2D eigenvalue weighted by Gasteiger charge is -2.11. The molecule has 0 saturated heterocycles. The fourth-order valence-electron chi connectivity index (χ4n) is 4.14. The first kappa shape index (κ1) is 33.8. The normalized spacial score (nSPS) is 10.9.